The van der Waals surface area contributed by atoms with Crippen molar-refractivity contribution >= 4 is 34.9 Å². The number of carbonyl (C=O) groups is 3. The van der Waals surface area contributed by atoms with Crippen LogP contribution < -0.4 is 16.8 Å². The molecular formula is C25H26FN5O3S. The predicted octanol–water partition coefficient (Wildman–Crippen LogP) is 3.41. The van der Waals surface area contributed by atoms with Crippen molar-refractivity contribution in [1.82, 2.24) is 14.6 Å². The lowest BCUT2D eigenvalue weighted by Gasteiger charge is -2.32. The van der Waals surface area contributed by atoms with E-state index in [9.17, 15) is 18.8 Å². The molecule has 8 nitrogen and oxygen atoms in total. The second-order valence-electron chi connectivity index (χ2n) is 8.50. The molecule has 0 saturated heterocycles. The van der Waals surface area contributed by atoms with E-state index in [1.807, 2.05) is 30.3 Å². The molecule has 1 saturated carbocycles. The van der Waals surface area contributed by atoms with Crippen LogP contribution in [0.15, 0.2) is 54.6 Å². The molecule has 1 aliphatic rings. The first kappa shape index (κ1) is 24.3. The molecule has 5 N–H and O–H groups in total. The standard InChI is InChI=1S/C25H26FN5O3S/c26-17-12-10-16(11-13-17)21(24(33)29-18-8-4-5-9-18)31(14-15-6-2-1-3-7-15)25(34)22-19(27)20(23(28)32)30-35-22/h1-3,6-7,10-13,18,21H,4-5,8-9,14,27H2,(H2,28,32)(H,29,33)/t21-/m0/s1. The number of hydrogen-bond acceptors (Lipinski definition) is 6. The number of carbonyl (C=O) groups excluding carboxylic acids is 3. The normalized spacial score (nSPS) is 14.4. The Hall–Kier alpha value is -3.79. The van der Waals surface area contributed by atoms with Crippen molar-refractivity contribution in [3.8, 4) is 0 Å². The third-order valence-electron chi connectivity index (χ3n) is 6.06. The van der Waals surface area contributed by atoms with Crippen LogP contribution in [0.2, 0.25) is 0 Å². The van der Waals surface area contributed by atoms with Crippen molar-refractivity contribution < 1.29 is 18.8 Å². The highest BCUT2D eigenvalue weighted by molar-refractivity contribution is 7.09. The van der Waals surface area contributed by atoms with Crippen molar-refractivity contribution in [2.24, 2.45) is 5.73 Å². The molecule has 3 aromatic rings. The van der Waals surface area contributed by atoms with Crippen LogP contribution in [0.25, 0.3) is 0 Å². The molecular weight excluding hydrogens is 469 g/mol. The first-order valence-corrected chi connectivity index (χ1v) is 12.1. The second-order valence-corrected chi connectivity index (χ2v) is 9.27. The van der Waals surface area contributed by atoms with Gasteiger partial charge in [-0.3, -0.25) is 14.4 Å². The van der Waals surface area contributed by atoms with Gasteiger partial charge in [0, 0.05) is 12.6 Å². The fourth-order valence-corrected chi connectivity index (χ4v) is 5.05. The Balaban J connectivity index is 1.78. The van der Waals surface area contributed by atoms with E-state index < -0.39 is 23.7 Å². The molecule has 1 aromatic heterocycles. The molecule has 0 aliphatic heterocycles. The molecule has 182 valence electrons. The molecule has 0 bridgehead atoms. The van der Waals surface area contributed by atoms with Gasteiger partial charge in [0.1, 0.15) is 16.7 Å². The van der Waals surface area contributed by atoms with Crippen molar-refractivity contribution in [1.29, 1.82) is 0 Å². The Kier molecular flexibility index (Phi) is 7.40. The van der Waals surface area contributed by atoms with Crippen molar-refractivity contribution in [2.75, 3.05) is 5.73 Å². The smallest absolute Gasteiger partial charge is 0.270 e. The summed E-state index contributed by atoms with van der Waals surface area (Å²) in [7, 11) is 0. The summed E-state index contributed by atoms with van der Waals surface area (Å²) in [6.45, 7) is 0.0725. The summed E-state index contributed by atoms with van der Waals surface area (Å²) in [5.41, 5.74) is 12.3. The van der Waals surface area contributed by atoms with Crippen LogP contribution in [-0.2, 0) is 11.3 Å². The number of nitrogens with one attached hydrogen (secondary N) is 1. The zero-order chi connectivity index (χ0) is 24.9. The number of benzene rings is 2. The van der Waals surface area contributed by atoms with Gasteiger partial charge in [-0.05, 0) is 47.6 Å². The SMILES string of the molecule is NC(=O)c1nsc(C(=O)N(Cc2ccccc2)[C@H](C(=O)NC2CCCC2)c2ccc(F)cc2)c1N. The van der Waals surface area contributed by atoms with Crippen LogP contribution in [0.4, 0.5) is 10.1 Å². The molecule has 0 spiro atoms. The van der Waals surface area contributed by atoms with Gasteiger partial charge >= 0.3 is 0 Å². The number of nitrogens with zero attached hydrogens (tertiary/aromatic N) is 2. The third kappa shape index (κ3) is 5.48. The van der Waals surface area contributed by atoms with E-state index >= 15 is 0 Å². The van der Waals surface area contributed by atoms with E-state index in [1.54, 1.807) is 0 Å². The number of nitrogen functional groups attached to an aromatic ring is 1. The summed E-state index contributed by atoms with van der Waals surface area (Å²) in [6, 6.07) is 13.6. The summed E-state index contributed by atoms with van der Waals surface area (Å²) in [6.07, 6.45) is 3.76. The molecule has 0 radical (unpaired) electrons. The molecule has 2 aromatic carbocycles. The number of halogens is 1. The Labute approximate surface area is 206 Å². The predicted molar refractivity (Wildman–Crippen MR) is 131 cm³/mol. The monoisotopic (exact) mass is 495 g/mol. The summed E-state index contributed by atoms with van der Waals surface area (Å²) in [5, 5.41) is 3.06. The first-order chi connectivity index (χ1) is 16.8. The van der Waals surface area contributed by atoms with E-state index in [0.29, 0.717) is 5.56 Å². The summed E-state index contributed by atoms with van der Waals surface area (Å²) < 4.78 is 17.7. The number of hydrogen-bond donors (Lipinski definition) is 3. The quantitative estimate of drug-likeness (QED) is 0.441. The van der Waals surface area contributed by atoms with Crippen LogP contribution >= 0.6 is 11.5 Å². The number of amides is 3. The van der Waals surface area contributed by atoms with Gasteiger partial charge in [-0.1, -0.05) is 55.3 Å². The highest BCUT2D eigenvalue weighted by Gasteiger charge is 2.36. The molecule has 10 heteroatoms. The molecule has 35 heavy (non-hydrogen) atoms. The van der Waals surface area contributed by atoms with Gasteiger partial charge in [-0.15, -0.1) is 0 Å². The Morgan fingerprint density at radius 2 is 1.74 bits per heavy atom. The van der Waals surface area contributed by atoms with E-state index in [-0.39, 0.29) is 34.8 Å². The van der Waals surface area contributed by atoms with Gasteiger partial charge < -0.3 is 21.7 Å². The summed E-state index contributed by atoms with van der Waals surface area (Å²) in [4.78, 5) is 40.5. The van der Waals surface area contributed by atoms with Crippen molar-refractivity contribution in [2.45, 2.75) is 44.3 Å². The van der Waals surface area contributed by atoms with Gasteiger partial charge in [-0.2, -0.15) is 4.37 Å². The average molecular weight is 496 g/mol. The van der Waals surface area contributed by atoms with Crippen LogP contribution in [0.3, 0.4) is 0 Å². The minimum Gasteiger partial charge on any atom is -0.395 e. The Bertz CT molecular complexity index is 1210. The number of primary amides is 1. The van der Waals surface area contributed by atoms with Crippen LogP contribution in [-0.4, -0.2) is 33.0 Å². The van der Waals surface area contributed by atoms with E-state index in [2.05, 4.69) is 9.69 Å². The number of nitrogens with two attached hydrogens (primary N) is 2. The lowest BCUT2D eigenvalue weighted by molar-refractivity contribution is -0.126. The fraction of sp³-hybridized carbons (Fsp3) is 0.280. The fourth-order valence-electron chi connectivity index (χ4n) is 4.29. The topological polar surface area (TPSA) is 131 Å². The maximum absolute atomic E-state index is 13.8. The van der Waals surface area contributed by atoms with Crippen LogP contribution in [0.5, 0.6) is 0 Å². The molecule has 1 fully saturated rings. The highest BCUT2D eigenvalue weighted by atomic mass is 32.1. The maximum Gasteiger partial charge on any atom is 0.270 e. The van der Waals surface area contributed by atoms with Crippen LogP contribution in [0.1, 0.15) is 63.0 Å². The van der Waals surface area contributed by atoms with Crippen molar-refractivity contribution in [3.63, 3.8) is 0 Å². The lowest BCUT2D eigenvalue weighted by Crippen LogP contribution is -2.45. The second kappa shape index (κ2) is 10.6. The van der Waals surface area contributed by atoms with Gasteiger partial charge in [0.25, 0.3) is 11.8 Å². The van der Waals surface area contributed by atoms with Crippen molar-refractivity contribution in [3.05, 3.63) is 82.1 Å². The van der Waals surface area contributed by atoms with E-state index in [0.717, 1.165) is 42.8 Å². The highest BCUT2D eigenvalue weighted by Crippen LogP contribution is 2.31. The number of rotatable bonds is 8. The summed E-state index contributed by atoms with van der Waals surface area (Å²) in [5.74, 6) is -2.25. The average Bonchev–Trinajstić information content (AvgIpc) is 3.49. The molecule has 4 rings (SSSR count). The lowest BCUT2D eigenvalue weighted by atomic mass is 10.0. The van der Waals surface area contributed by atoms with E-state index in [4.69, 9.17) is 11.5 Å². The van der Waals surface area contributed by atoms with Gasteiger partial charge in [0.15, 0.2) is 5.69 Å². The zero-order valence-electron chi connectivity index (χ0n) is 18.9. The molecule has 3 amide bonds. The number of aromatic nitrogens is 1. The minimum atomic E-state index is -1.07. The number of anilines is 1. The van der Waals surface area contributed by atoms with Crippen LogP contribution in [0, 0.1) is 5.82 Å². The Morgan fingerprint density at radius 3 is 2.34 bits per heavy atom. The maximum atomic E-state index is 13.8. The largest absolute Gasteiger partial charge is 0.395 e. The van der Waals surface area contributed by atoms with E-state index in [1.165, 1.54) is 29.2 Å². The molecule has 0 unspecified atom stereocenters. The summed E-state index contributed by atoms with van der Waals surface area (Å²) >= 11 is 0.752. The minimum absolute atomic E-state index is 0.00839. The molecule has 1 atom stereocenters. The zero-order valence-corrected chi connectivity index (χ0v) is 19.8. The van der Waals surface area contributed by atoms with Gasteiger partial charge in [-0.25, -0.2) is 4.39 Å². The molecule has 1 heterocycles. The first-order valence-electron chi connectivity index (χ1n) is 11.3. The molecule has 1 aliphatic carbocycles. The van der Waals surface area contributed by atoms with Gasteiger partial charge in [0.2, 0.25) is 5.91 Å². The third-order valence-corrected chi connectivity index (χ3v) is 6.91. The van der Waals surface area contributed by atoms with Gasteiger partial charge in [0.05, 0.1) is 5.69 Å². The Morgan fingerprint density at radius 1 is 1.09 bits per heavy atom.